The van der Waals surface area contributed by atoms with E-state index in [9.17, 15) is 21.6 Å². The lowest BCUT2D eigenvalue weighted by Gasteiger charge is -2.12. The summed E-state index contributed by atoms with van der Waals surface area (Å²) in [7, 11) is -2.78. The Balaban J connectivity index is 2.10. The number of aromatic nitrogens is 2. The Morgan fingerprint density at radius 3 is 2.36 bits per heavy atom. The first-order valence-electron chi connectivity index (χ1n) is 7.71. The molecular formula is C17H13ClF3N3O3S. The van der Waals surface area contributed by atoms with E-state index in [1.165, 1.54) is 49.6 Å². The summed E-state index contributed by atoms with van der Waals surface area (Å²) in [6, 6.07) is 12.2. The van der Waals surface area contributed by atoms with Gasteiger partial charge in [-0.05, 0) is 36.4 Å². The molecular weight excluding hydrogens is 419 g/mol. The molecule has 0 aliphatic heterocycles. The average Bonchev–Trinajstić information content (AvgIpc) is 3.06. The van der Waals surface area contributed by atoms with Crippen LogP contribution in [0.3, 0.4) is 0 Å². The largest absolute Gasteiger partial charge is 0.495 e. The second kappa shape index (κ2) is 7.36. The number of hydrogen-bond donors (Lipinski definition) is 1. The third-order valence-electron chi connectivity index (χ3n) is 3.71. The maximum Gasteiger partial charge on any atom is 0.435 e. The highest BCUT2D eigenvalue weighted by atomic mass is 35.5. The van der Waals surface area contributed by atoms with Gasteiger partial charge in [0.25, 0.3) is 10.0 Å². The Hall–Kier alpha value is -2.72. The number of hydrogen-bond acceptors (Lipinski definition) is 4. The van der Waals surface area contributed by atoms with Gasteiger partial charge in [0.2, 0.25) is 0 Å². The fourth-order valence-electron chi connectivity index (χ4n) is 2.39. The molecule has 3 rings (SSSR count). The number of sulfonamides is 1. The van der Waals surface area contributed by atoms with Crippen LogP contribution in [-0.4, -0.2) is 25.4 Å². The zero-order valence-corrected chi connectivity index (χ0v) is 15.8. The Morgan fingerprint density at radius 2 is 1.79 bits per heavy atom. The smallest absolute Gasteiger partial charge is 0.435 e. The second-order valence-corrected chi connectivity index (χ2v) is 7.65. The highest BCUT2D eigenvalue weighted by Crippen LogP contribution is 2.34. The standard InChI is InChI=1S/C17H13ClF3N3O3S/c1-27-15-8-7-11(9-13(15)18)14-10-16(17(19,20)21)22-24(14)23-28(25,26)12-5-3-2-4-6-12/h2-10,23H,1H3. The predicted octanol–water partition coefficient (Wildman–Crippen LogP) is 4.16. The molecule has 0 aliphatic rings. The fourth-order valence-corrected chi connectivity index (χ4v) is 3.63. The molecule has 6 nitrogen and oxygen atoms in total. The number of nitrogens with zero attached hydrogens (tertiary/aromatic N) is 2. The summed E-state index contributed by atoms with van der Waals surface area (Å²) >= 11 is 6.04. The van der Waals surface area contributed by atoms with Crippen molar-refractivity contribution >= 4 is 21.6 Å². The lowest BCUT2D eigenvalue weighted by Crippen LogP contribution is -2.25. The van der Waals surface area contributed by atoms with E-state index in [0.717, 1.165) is 6.07 Å². The lowest BCUT2D eigenvalue weighted by molar-refractivity contribution is -0.141. The number of nitrogens with one attached hydrogen (secondary N) is 1. The van der Waals surface area contributed by atoms with Crippen LogP contribution in [0.5, 0.6) is 5.75 Å². The molecule has 1 heterocycles. The maximum atomic E-state index is 13.2. The van der Waals surface area contributed by atoms with Crippen molar-refractivity contribution in [3.8, 4) is 17.0 Å². The maximum absolute atomic E-state index is 13.2. The molecule has 0 atom stereocenters. The molecule has 0 spiro atoms. The Morgan fingerprint density at radius 1 is 1.11 bits per heavy atom. The SMILES string of the molecule is COc1ccc(-c2cc(C(F)(F)F)nn2NS(=O)(=O)c2ccccc2)cc1Cl. The van der Waals surface area contributed by atoms with Crippen LogP contribution in [0.2, 0.25) is 5.02 Å². The van der Waals surface area contributed by atoms with E-state index >= 15 is 0 Å². The third-order valence-corrected chi connectivity index (χ3v) is 5.31. The minimum absolute atomic E-state index is 0.127. The van der Waals surface area contributed by atoms with Gasteiger partial charge in [-0.15, -0.1) is 5.10 Å². The van der Waals surface area contributed by atoms with Gasteiger partial charge in [0.1, 0.15) is 5.75 Å². The second-order valence-electron chi connectivity index (χ2n) is 5.58. The van der Waals surface area contributed by atoms with Gasteiger partial charge in [-0.1, -0.05) is 29.8 Å². The van der Waals surface area contributed by atoms with Crippen molar-refractivity contribution < 1.29 is 26.3 Å². The number of ether oxygens (including phenoxy) is 1. The van der Waals surface area contributed by atoms with Gasteiger partial charge in [0.15, 0.2) is 5.69 Å². The molecule has 0 saturated carbocycles. The summed E-state index contributed by atoms with van der Waals surface area (Å²) in [6.45, 7) is 0. The molecule has 148 valence electrons. The first-order valence-corrected chi connectivity index (χ1v) is 9.57. The molecule has 0 saturated heterocycles. The molecule has 2 aromatic carbocycles. The van der Waals surface area contributed by atoms with Crippen LogP contribution < -0.4 is 9.57 Å². The molecule has 28 heavy (non-hydrogen) atoms. The van der Waals surface area contributed by atoms with Crippen molar-refractivity contribution in [3.63, 3.8) is 0 Å². The molecule has 0 radical (unpaired) electrons. The van der Waals surface area contributed by atoms with E-state index in [1.807, 2.05) is 4.83 Å². The summed E-state index contributed by atoms with van der Waals surface area (Å²) in [4.78, 5) is 2.48. The van der Waals surface area contributed by atoms with E-state index in [4.69, 9.17) is 16.3 Å². The van der Waals surface area contributed by atoms with E-state index in [0.29, 0.717) is 10.5 Å². The summed E-state index contributed by atoms with van der Waals surface area (Å²) in [5, 5.41) is 3.51. The van der Waals surface area contributed by atoms with Crippen LogP contribution >= 0.6 is 11.6 Å². The van der Waals surface area contributed by atoms with Crippen molar-refractivity contribution in [2.24, 2.45) is 0 Å². The molecule has 0 amide bonds. The zero-order chi connectivity index (χ0) is 20.5. The Labute approximate surface area is 163 Å². The van der Waals surface area contributed by atoms with Crippen molar-refractivity contribution in [1.29, 1.82) is 0 Å². The van der Waals surface area contributed by atoms with Gasteiger partial charge in [0, 0.05) is 5.56 Å². The van der Waals surface area contributed by atoms with Crippen LogP contribution in [0.25, 0.3) is 11.3 Å². The molecule has 0 fully saturated rings. The minimum Gasteiger partial charge on any atom is -0.495 e. The number of methoxy groups -OCH3 is 1. The van der Waals surface area contributed by atoms with Crippen molar-refractivity contribution in [2.45, 2.75) is 11.1 Å². The average molecular weight is 432 g/mol. The molecule has 1 N–H and O–H groups in total. The van der Waals surface area contributed by atoms with Gasteiger partial charge in [-0.3, -0.25) is 0 Å². The fraction of sp³-hybridized carbons (Fsp3) is 0.118. The minimum atomic E-state index is -4.77. The van der Waals surface area contributed by atoms with Crippen molar-refractivity contribution in [2.75, 3.05) is 11.9 Å². The normalized spacial score (nSPS) is 12.0. The van der Waals surface area contributed by atoms with Crippen LogP contribution in [0.1, 0.15) is 5.69 Å². The zero-order valence-electron chi connectivity index (χ0n) is 14.2. The van der Waals surface area contributed by atoms with Gasteiger partial charge in [0.05, 0.1) is 22.7 Å². The van der Waals surface area contributed by atoms with Crippen LogP contribution in [0, 0.1) is 0 Å². The number of benzene rings is 2. The molecule has 1 aromatic heterocycles. The molecule has 0 unspecified atom stereocenters. The van der Waals surface area contributed by atoms with Gasteiger partial charge in [-0.2, -0.15) is 31.2 Å². The lowest BCUT2D eigenvalue weighted by atomic mass is 10.1. The Bertz CT molecular complexity index is 1100. The first kappa shape index (κ1) is 20.0. The van der Waals surface area contributed by atoms with E-state index < -0.39 is 21.9 Å². The highest BCUT2D eigenvalue weighted by molar-refractivity contribution is 7.92. The molecule has 11 heteroatoms. The number of halogens is 4. The van der Waals surface area contributed by atoms with Crippen LogP contribution in [0.4, 0.5) is 13.2 Å². The van der Waals surface area contributed by atoms with E-state index in [-0.39, 0.29) is 21.2 Å². The van der Waals surface area contributed by atoms with Crippen LogP contribution in [0.15, 0.2) is 59.5 Å². The van der Waals surface area contributed by atoms with Gasteiger partial charge < -0.3 is 4.74 Å². The van der Waals surface area contributed by atoms with Gasteiger partial charge in [-0.25, -0.2) is 0 Å². The summed E-state index contributed by atoms with van der Waals surface area (Å²) in [5.74, 6) is 0.317. The summed E-state index contributed by atoms with van der Waals surface area (Å²) in [5.41, 5.74) is -1.19. The van der Waals surface area contributed by atoms with E-state index in [2.05, 4.69) is 5.10 Å². The summed E-state index contributed by atoms with van der Waals surface area (Å²) < 4.78 is 69.5. The van der Waals surface area contributed by atoms with E-state index in [1.54, 1.807) is 6.07 Å². The number of rotatable bonds is 5. The predicted molar refractivity (Wildman–Crippen MR) is 97.2 cm³/mol. The molecule has 0 aliphatic carbocycles. The molecule has 0 bridgehead atoms. The quantitative estimate of drug-likeness (QED) is 0.658. The van der Waals surface area contributed by atoms with Crippen LogP contribution in [-0.2, 0) is 16.2 Å². The Kier molecular flexibility index (Phi) is 5.26. The van der Waals surface area contributed by atoms with Crippen molar-refractivity contribution in [3.05, 3.63) is 65.3 Å². The number of alkyl halides is 3. The topological polar surface area (TPSA) is 73.2 Å². The van der Waals surface area contributed by atoms with Crippen molar-refractivity contribution in [1.82, 2.24) is 9.89 Å². The van der Waals surface area contributed by atoms with Gasteiger partial charge >= 0.3 is 6.18 Å². The third kappa shape index (κ3) is 4.07. The monoisotopic (exact) mass is 431 g/mol. The first-order chi connectivity index (χ1) is 13.1. The molecule has 3 aromatic rings. The summed E-state index contributed by atoms with van der Waals surface area (Å²) in [6.07, 6.45) is -4.77. The highest BCUT2D eigenvalue weighted by Gasteiger charge is 2.36.